The summed E-state index contributed by atoms with van der Waals surface area (Å²) in [6.45, 7) is 4.82. The maximum atomic E-state index is 13.0. The van der Waals surface area contributed by atoms with Gasteiger partial charge < -0.3 is 19.8 Å². The van der Waals surface area contributed by atoms with Crippen LogP contribution in [0.3, 0.4) is 0 Å². The summed E-state index contributed by atoms with van der Waals surface area (Å²) in [5.41, 5.74) is 0. The molecule has 0 aliphatic heterocycles. The van der Waals surface area contributed by atoms with Crippen LogP contribution >= 0.6 is 7.82 Å². The SMILES string of the molecule is CCCCCCCCCCCC/C=C/CC/C=C/CC/C=C/C(O)C(COP(=O)(O)OCC[N+](C)(C)C)NC(=O)CCCCCCCCCCCCCCCCCCC/C=C\C/C=C\CCCCCCCCCCCCC. The Morgan fingerprint density at radius 2 is 0.753 bits per heavy atom. The summed E-state index contributed by atoms with van der Waals surface area (Å²) in [7, 11) is 1.55. The van der Waals surface area contributed by atoms with Gasteiger partial charge in [-0.05, 0) is 77.0 Å². The largest absolute Gasteiger partial charge is 0.472 e. The molecule has 0 aromatic heterocycles. The second kappa shape index (κ2) is 58.8. The molecule has 0 rings (SSSR count). The highest BCUT2D eigenvalue weighted by Gasteiger charge is 2.28. The van der Waals surface area contributed by atoms with Crippen LogP contribution in [0.1, 0.15) is 316 Å². The molecule has 9 heteroatoms. The van der Waals surface area contributed by atoms with E-state index in [1.807, 2.05) is 27.2 Å². The van der Waals surface area contributed by atoms with Crippen molar-refractivity contribution in [1.82, 2.24) is 5.32 Å². The number of aliphatic hydroxyl groups excluding tert-OH is 1. The molecule has 3 N–H and O–H groups in total. The molecule has 0 spiro atoms. The number of unbranched alkanes of at least 4 members (excludes halogenated alkanes) is 40. The van der Waals surface area contributed by atoms with Crippen molar-refractivity contribution in [2.45, 2.75) is 328 Å². The van der Waals surface area contributed by atoms with E-state index in [0.717, 1.165) is 51.4 Å². The molecular weight excluding hydrogens is 972 g/mol. The molecule has 77 heavy (non-hydrogen) atoms. The maximum Gasteiger partial charge on any atom is 0.472 e. The van der Waals surface area contributed by atoms with Gasteiger partial charge >= 0.3 is 7.82 Å². The van der Waals surface area contributed by atoms with Gasteiger partial charge in [-0.25, -0.2) is 4.57 Å². The highest BCUT2D eigenvalue weighted by atomic mass is 31.2. The first-order valence-corrected chi connectivity index (χ1v) is 34.7. The van der Waals surface area contributed by atoms with E-state index in [1.165, 1.54) is 244 Å². The van der Waals surface area contributed by atoms with Crippen LogP contribution < -0.4 is 5.32 Å². The number of carbonyl (C=O) groups excluding carboxylic acids is 1. The molecule has 0 saturated carbocycles. The number of allylic oxidation sites excluding steroid dienone is 9. The Hall–Kier alpha value is -1.80. The number of aliphatic hydroxyl groups is 1. The number of hydrogen-bond acceptors (Lipinski definition) is 5. The first-order chi connectivity index (χ1) is 37.5. The fourth-order valence-electron chi connectivity index (χ4n) is 9.75. The van der Waals surface area contributed by atoms with Gasteiger partial charge in [0, 0.05) is 6.42 Å². The van der Waals surface area contributed by atoms with Crippen LogP contribution in [0.15, 0.2) is 60.8 Å². The number of nitrogens with one attached hydrogen (secondary N) is 1. The summed E-state index contributed by atoms with van der Waals surface area (Å²) in [4.78, 5) is 23.4. The van der Waals surface area contributed by atoms with Crippen molar-refractivity contribution in [3.8, 4) is 0 Å². The zero-order valence-electron chi connectivity index (χ0n) is 51.7. The lowest BCUT2D eigenvalue weighted by Crippen LogP contribution is -2.45. The molecule has 0 aliphatic carbocycles. The predicted octanol–water partition coefficient (Wildman–Crippen LogP) is 20.8. The Bertz CT molecular complexity index is 1440. The number of amides is 1. The Morgan fingerprint density at radius 1 is 0.442 bits per heavy atom. The monoisotopic (exact) mass is 1100 g/mol. The van der Waals surface area contributed by atoms with Crippen molar-refractivity contribution in [2.24, 2.45) is 0 Å². The molecule has 0 aliphatic rings. The molecule has 1 amide bonds. The summed E-state index contributed by atoms with van der Waals surface area (Å²) >= 11 is 0. The zero-order valence-corrected chi connectivity index (χ0v) is 52.6. The van der Waals surface area contributed by atoms with Crippen LogP contribution in [0.25, 0.3) is 0 Å². The Labute approximate surface area is 479 Å². The summed E-state index contributed by atoms with van der Waals surface area (Å²) < 4.78 is 23.7. The van der Waals surface area contributed by atoms with Crippen LogP contribution in [0.5, 0.6) is 0 Å². The van der Waals surface area contributed by atoms with Crippen molar-refractivity contribution in [3.63, 3.8) is 0 Å². The summed E-state index contributed by atoms with van der Waals surface area (Å²) in [5, 5.41) is 13.9. The van der Waals surface area contributed by atoms with E-state index < -0.39 is 20.0 Å². The van der Waals surface area contributed by atoms with E-state index in [0.29, 0.717) is 17.4 Å². The van der Waals surface area contributed by atoms with Gasteiger partial charge in [-0.1, -0.05) is 293 Å². The molecule has 452 valence electrons. The molecule has 3 atom stereocenters. The van der Waals surface area contributed by atoms with E-state index in [-0.39, 0.29) is 19.1 Å². The van der Waals surface area contributed by atoms with Gasteiger partial charge in [0.05, 0.1) is 39.9 Å². The predicted molar refractivity (Wildman–Crippen MR) is 337 cm³/mol. The lowest BCUT2D eigenvalue weighted by Gasteiger charge is -2.25. The average molecular weight is 1100 g/mol. The van der Waals surface area contributed by atoms with E-state index >= 15 is 0 Å². The topological polar surface area (TPSA) is 105 Å². The number of phosphoric acid groups is 1. The van der Waals surface area contributed by atoms with Crippen LogP contribution in [-0.2, 0) is 18.4 Å². The van der Waals surface area contributed by atoms with Crippen LogP contribution in [0, 0.1) is 0 Å². The number of likely N-dealkylation sites (N-methyl/N-ethyl adjacent to an activating group) is 1. The molecule has 0 saturated heterocycles. The molecule has 0 fully saturated rings. The number of quaternary nitrogens is 1. The van der Waals surface area contributed by atoms with Gasteiger partial charge in [0.2, 0.25) is 5.91 Å². The number of carbonyl (C=O) groups is 1. The van der Waals surface area contributed by atoms with Crippen molar-refractivity contribution in [1.29, 1.82) is 0 Å². The van der Waals surface area contributed by atoms with Crippen molar-refractivity contribution < 1.29 is 32.9 Å². The van der Waals surface area contributed by atoms with E-state index in [1.54, 1.807) is 6.08 Å². The Morgan fingerprint density at radius 3 is 1.12 bits per heavy atom. The van der Waals surface area contributed by atoms with Crippen molar-refractivity contribution in [2.75, 3.05) is 40.9 Å². The fourth-order valence-corrected chi connectivity index (χ4v) is 10.5. The zero-order chi connectivity index (χ0) is 56.3. The van der Waals surface area contributed by atoms with Crippen molar-refractivity contribution in [3.05, 3.63) is 60.8 Å². The van der Waals surface area contributed by atoms with Gasteiger partial charge in [0.25, 0.3) is 0 Å². The minimum Gasteiger partial charge on any atom is -0.387 e. The summed E-state index contributed by atoms with van der Waals surface area (Å²) in [5.74, 6) is -0.188. The van der Waals surface area contributed by atoms with Crippen LogP contribution in [0.4, 0.5) is 0 Å². The first kappa shape index (κ1) is 75.2. The van der Waals surface area contributed by atoms with Gasteiger partial charge in [-0.15, -0.1) is 0 Å². The average Bonchev–Trinajstić information content (AvgIpc) is 3.39. The van der Waals surface area contributed by atoms with E-state index in [4.69, 9.17) is 9.05 Å². The third-order valence-corrected chi connectivity index (χ3v) is 15.9. The lowest BCUT2D eigenvalue weighted by atomic mass is 10.0. The summed E-state index contributed by atoms with van der Waals surface area (Å²) in [6, 6.07) is -0.872. The van der Waals surface area contributed by atoms with Gasteiger partial charge in [-0.3, -0.25) is 13.8 Å². The minimum absolute atomic E-state index is 0.0530. The van der Waals surface area contributed by atoms with Gasteiger partial charge in [-0.2, -0.15) is 0 Å². The molecule has 0 aromatic carbocycles. The number of phosphoric ester groups is 1. The highest BCUT2D eigenvalue weighted by Crippen LogP contribution is 2.43. The normalized spacial score (nSPS) is 14.1. The lowest BCUT2D eigenvalue weighted by molar-refractivity contribution is -0.870. The first-order valence-electron chi connectivity index (χ1n) is 33.2. The highest BCUT2D eigenvalue weighted by molar-refractivity contribution is 7.47. The molecular formula is C68H130N2O6P+. The molecule has 0 aromatic rings. The third kappa shape index (κ3) is 61.7. The second-order valence-corrected chi connectivity index (χ2v) is 25.3. The van der Waals surface area contributed by atoms with Crippen molar-refractivity contribution >= 4 is 13.7 Å². The van der Waals surface area contributed by atoms with E-state index in [9.17, 15) is 19.4 Å². The number of hydrogen-bond donors (Lipinski definition) is 3. The van der Waals surface area contributed by atoms with E-state index in [2.05, 4.69) is 67.8 Å². The minimum atomic E-state index is -4.36. The van der Waals surface area contributed by atoms with Crippen LogP contribution in [0.2, 0.25) is 0 Å². The number of rotatable bonds is 61. The standard InChI is InChI=1S/C68H129N2O6P/c1-6-8-10-12-14-16-18-20-22-24-26-28-29-30-31-32-33-34-35-36-37-38-39-40-41-42-44-46-48-50-52-54-56-58-60-62-68(72)69-66(65-76-77(73,74)75-64-63-70(3,4)5)67(71)61-59-57-55-53-51-49-47-45-43-27-25-23-21-19-17-15-13-11-9-7-2/h29-30,32-33,43,45,51,53,59,61,66-67,71H,6-28,31,34-42,44,46-50,52,54-58,60,62-65H2,1-5H3,(H-,69,72,73,74)/p+1/b30-29-,33-32-,45-43+,53-51+,61-59+. The third-order valence-electron chi connectivity index (χ3n) is 14.9. The van der Waals surface area contributed by atoms with Gasteiger partial charge in [0.1, 0.15) is 13.2 Å². The Balaban J connectivity index is 4.08. The van der Waals surface area contributed by atoms with Crippen LogP contribution in [-0.4, -0.2) is 73.4 Å². The van der Waals surface area contributed by atoms with Gasteiger partial charge in [0.15, 0.2) is 0 Å². The maximum absolute atomic E-state index is 13.0. The number of nitrogens with zero attached hydrogens (tertiary/aromatic N) is 1. The molecule has 8 nitrogen and oxygen atoms in total. The molecule has 0 radical (unpaired) electrons. The molecule has 0 heterocycles. The second-order valence-electron chi connectivity index (χ2n) is 23.8. The Kier molecular flexibility index (Phi) is 57.5. The molecule has 0 bridgehead atoms. The quantitative estimate of drug-likeness (QED) is 0.0243. The smallest absolute Gasteiger partial charge is 0.387 e. The fraction of sp³-hybridized carbons (Fsp3) is 0.838. The molecule has 3 unspecified atom stereocenters. The summed E-state index contributed by atoms with van der Waals surface area (Å²) in [6.07, 6.45) is 80.8.